The third-order valence-corrected chi connectivity index (χ3v) is 3.90. The predicted octanol–water partition coefficient (Wildman–Crippen LogP) is 2.18. The fourth-order valence-corrected chi connectivity index (χ4v) is 2.36. The SMILES string of the molecule is Cc1cccc(NC(=O)CNC(=O)c2nnc(Cl)s2)c1C. The van der Waals surface area contributed by atoms with E-state index in [-0.39, 0.29) is 21.9 Å². The van der Waals surface area contributed by atoms with Crippen molar-refractivity contribution in [2.75, 3.05) is 11.9 Å². The maximum Gasteiger partial charge on any atom is 0.282 e. The van der Waals surface area contributed by atoms with Gasteiger partial charge in [0.2, 0.25) is 15.4 Å². The number of anilines is 1. The van der Waals surface area contributed by atoms with Crippen LogP contribution in [0, 0.1) is 13.8 Å². The lowest BCUT2D eigenvalue weighted by molar-refractivity contribution is -0.115. The molecule has 0 fully saturated rings. The Kier molecular flexibility index (Phi) is 4.87. The van der Waals surface area contributed by atoms with Gasteiger partial charge in [0.1, 0.15) is 0 Å². The van der Waals surface area contributed by atoms with Crippen LogP contribution in [0.25, 0.3) is 0 Å². The van der Waals surface area contributed by atoms with Gasteiger partial charge in [0.25, 0.3) is 5.91 Å². The van der Waals surface area contributed by atoms with Crippen LogP contribution in [0.15, 0.2) is 18.2 Å². The quantitative estimate of drug-likeness (QED) is 0.902. The number of aromatic nitrogens is 2. The highest BCUT2D eigenvalue weighted by Crippen LogP contribution is 2.17. The number of carbonyl (C=O) groups excluding carboxylic acids is 2. The van der Waals surface area contributed by atoms with Crippen LogP contribution >= 0.6 is 22.9 Å². The number of nitrogens with zero attached hydrogens (tertiary/aromatic N) is 2. The Morgan fingerprint density at radius 2 is 2.05 bits per heavy atom. The van der Waals surface area contributed by atoms with Crippen molar-refractivity contribution in [1.29, 1.82) is 0 Å². The number of benzene rings is 1. The molecule has 2 aromatic rings. The molecular weight excluding hydrogens is 312 g/mol. The lowest BCUT2D eigenvalue weighted by atomic mass is 10.1. The summed E-state index contributed by atoms with van der Waals surface area (Å²) in [7, 11) is 0. The summed E-state index contributed by atoms with van der Waals surface area (Å²) < 4.78 is 0.181. The van der Waals surface area contributed by atoms with E-state index in [1.165, 1.54) is 0 Å². The first-order chi connectivity index (χ1) is 9.97. The van der Waals surface area contributed by atoms with E-state index in [2.05, 4.69) is 20.8 Å². The zero-order valence-electron chi connectivity index (χ0n) is 11.4. The maximum absolute atomic E-state index is 11.8. The molecule has 21 heavy (non-hydrogen) atoms. The Morgan fingerprint density at radius 3 is 2.71 bits per heavy atom. The van der Waals surface area contributed by atoms with Crippen molar-refractivity contribution in [2.24, 2.45) is 0 Å². The van der Waals surface area contributed by atoms with Crippen LogP contribution in [0.4, 0.5) is 5.69 Å². The molecule has 1 aromatic heterocycles. The minimum absolute atomic E-state index is 0.125. The minimum atomic E-state index is -0.476. The fourth-order valence-electron chi connectivity index (χ4n) is 1.61. The van der Waals surface area contributed by atoms with Crippen LogP contribution in [0.3, 0.4) is 0 Å². The molecule has 0 bridgehead atoms. The Hall–Kier alpha value is -1.99. The second-order valence-electron chi connectivity index (χ2n) is 4.34. The number of halogens is 1. The maximum atomic E-state index is 11.8. The second-order valence-corrected chi connectivity index (χ2v) is 5.90. The highest BCUT2D eigenvalue weighted by molar-refractivity contribution is 7.17. The van der Waals surface area contributed by atoms with Gasteiger partial charge in [-0.2, -0.15) is 0 Å². The van der Waals surface area contributed by atoms with E-state index in [0.29, 0.717) is 0 Å². The van der Waals surface area contributed by atoms with Gasteiger partial charge < -0.3 is 10.6 Å². The van der Waals surface area contributed by atoms with E-state index in [0.717, 1.165) is 28.2 Å². The van der Waals surface area contributed by atoms with Gasteiger partial charge in [0.15, 0.2) is 0 Å². The van der Waals surface area contributed by atoms with Crippen molar-refractivity contribution in [2.45, 2.75) is 13.8 Å². The number of hydrogen-bond donors (Lipinski definition) is 2. The summed E-state index contributed by atoms with van der Waals surface area (Å²) in [4.78, 5) is 23.5. The average Bonchev–Trinajstić information content (AvgIpc) is 2.88. The van der Waals surface area contributed by atoms with Gasteiger partial charge in [-0.25, -0.2) is 0 Å². The minimum Gasteiger partial charge on any atom is -0.341 e. The van der Waals surface area contributed by atoms with Gasteiger partial charge in [-0.05, 0) is 42.6 Å². The van der Waals surface area contributed by atoms with Crippen LogP contribution in [-0.2, 0) is 4.79 Å². The van der Waals surface area contributed by atoms with Gasteiger partial charge >= 0.3 is 0 Å². The number of hydrogen-bond acceptors (Lipinski definition) is 5. The van der Waals surface area contributed by atoms with E-state index >= 15 is 0 Å². The Bertz CT molecular complexity index is 687. The van der Waals surface area contributed by atoms with E-state index < -0.39 is 5.91 Å². The summed E-state index contributed by atoms with van der Waals surface area (Å²) >= 11 is 6.55. The Labute approximate surface area is 130 Å². The van der Waals surface area contributed by atoms with E-state index in [9.17, 15) is 9.59 Å². The van der Waals surface area contributed by atoms with Crippen molar-refractivity contribution in [1.82, 2.24) is 15.5 Å². The zero-order valence-corrected chi connectivity index (χ0v) is 13.0. The van der Waals surface area contributed by atoms with Crippen molar-refractivity contribution in [3.05, 3.63) is 38.8 Å². The zero-order chi connectivity index (χ0) is 15.4. The van der Waals surface area contributed by atoms with Gasteiger partial charge in [-0.1, -0.05) is 23.5 Å². The van der Waals surface area contributed by atoms with E-state index in [1.54, 1.807) is 0 Å². The molecule has 2 N–H and O–H groups in total. The molecule has 0 aliphatic heterocycles. The Balaban J connectivity index is 1.90. The molecule has 0 unspecified atom stereocenters. The molecule has 0 radical (unpaired) electrons. The summed E-state index contributed by atoms with van der Waals surface area (Å²) in [6.07, 6.45) is 0. The third-order valence-electron chi connectivity index (χ3n) is 2.88. The molecule has 0 saturated carbocycles. The average molecular weight is 325 g/mol. The van der Waals surface area contributed by atoms with Gasteiger partial charge in [0, 0.05) is 5.69 Å². The number of carbonyl (C=O) groups is 2. The van der Waals surface area contributed by atoms with Crippen LogP contribution in [0.5, 0.6) is 0 Å². The monoisotopic (exact) mass is 324 g/mol. The first-order valence-electron chi connectivity index (χ1n) is 6.10. The standard InChI is InChI=1S/C13H13ClN4O2S/c1-7-4-3-5-9(8(7)2)16-10(19)6-15-11(20)12-17-18-13(14)21-12/h3-5H,6H2,1-2H3,(H,15,20)(H,16,19). The van der Waals surface area contributed by atoms with Crippen LogP contribution in [-0.4, -0.2) is 28.6 Å². The first-order valence-corrected chi connectivity index (χ1v) is 7.30. The van der Waals surface area contributed by atoms with E-state index in [1.807, 2.05) is 32.0 Å². The number of amides is 2. The Morgan fingerprint density at radius 1 is 1.29 bits per heavy atom. The third kappa shape index (κ3) is 3.99. The lowest BCUT2D eigenvalue weighted by Crippen LogP contribution is -2.33. The molecule has 1 aromatic carbocycles. The molecule has 0 aliphatic rings. The lowest BCUT2D eigenvalue weighted by Gasteiger charge is -2.10. The van der Waals surface area contributed by atoms with Gasteiger partial charge in [-0.15, -0.1) is 10.2 Å². The van der Waals surface area contributed by atoms with Crippen molar-refractivity contribution < 1.29 is 9.59 Å². The molecular formula is C13H13ClN4O2S. The molecule has 1 heterocycles. The predicted molar refractivity (Wildman–Crippen MR) is 81.8 cm³/mol. The van der Waals surface area contributed by atoms with Gasteiger partial charge in [-0.3, -0.25) is 9.59 Å². The molecule has 6 nitrogen and oxygen atoms in total. The topological polar surface area (TPSA) is 84.0 Å². The molecule has 2 amide bonds. The number of rotatable bonds is 4. The molecule has 2 rings (SSSR count). The van der Waals surface area contributed by atoms with Crippen molar-refractivity contribution in [3.8, 4) is 0 Å². The number of aryl methyl sites for hydroxylation is 1. The van der Waals surface area contributed by atoms with Crippen LogP contribution in [0.1, 0.15) is 20.9 Å². The summed E-state index contributed by atoms with van der Waals surface area (Å²) in [6, 6.07) is 5.64. The van der Waals surface area contributed by atoms with E-state index in [4.69, 9.17) is 11.6 Å². The molecule has 0 atom stereocenters. The summed E-state index contributed by atoms with van der Waals surface area (Å²) in [5.41, 5.74) is 2.81. The fraction of sp³-hybridized carbons (Fsp3) is 0.231. The summed E-state index contributed by atoms with van der Waals surface area (Å²) in [5, 5.41) is 12.5. The van der Waals surface area contributed by atoms with Crippen LogP contribution < -0.4 is 10.6 Å². The molecule has 0 aliphatic carbocycles. The highest BCUT2D eigenvalue weighted by atomic mass is 35.5. The van der Waals surface area contributed by atoms with Crippen LogP contribution in [0.2, 0.25) is 4.47 Å². The highest BCUT2D eigenvalue weighted by Gasteiger charge is 2.13. The molecule has 0 saturated heterocycles. The molecule has 0 spiro atoms. The van der Waals surface area contributed by atoms with Crippen molar-refractivity contribution >= 4 is 40.4 Å². The smallest absolute Gasteiger partial charge is 0.282 e. The first kappa shape index (κ1) is 15.4. The molecule has 8 heteroatoms. The van der Waals surface area contributed by atoms with Gasteiger partial charge in [0.05, 0.1) is 6.54 Å². The summed E-state index contributed by atoms with van der Waals surface area (Å²) in [6.45, 7) is 3.74. The normalized spacial score (nSPS) is 10.2. The molecule has 110 valence electrons. The largest absolute Gasteiger partial charge is 0.341 e. The summed E-state index contributed by atoms with van der Waals surface area (Å²) in [5.74, 6) is -0.789. The number of nitrogens with one attached hydrogen (secondary N) is 2. The second kappa shape index (κ2) is 6.64. The van der Waals surface area contributed by atoms with Crippen molar-refractivity contribution in [3.63, 3.8) is 0 Å².